The summed E-state index contributed by atoms with van der Waals surface area (Å²) in [6, 6.07) is 9.59. The summed E-state index contributed by atoms with van der Waals surface area (Å²) in [4.78, 5) is 2.50. The van der Waals surface area contributed by atoms with Crippen molar-refractivity contribution in [3.05, 3.63) is 35.4 Å². The van der Waals surface area contributed by atoms with Crippen molar-refractivity contribution in [2.75, 3.05) is 32.8 Å². The molecule has 1 atom stereocenters. The smallest absolute Gasteiger partial charge is 0.0619 e. The van der Waals surface area contributed by atoms with Crippen LogP contribution in [0.4, 0.5) is 0 Å². The van der Waals surface area contributed by atoms with Gasteiger partial charge in [0, 0.05) is 19.1 Å². The summed E-state index contributed by atoms with van der Waals surface area (Å²) in [5.41, 5.74) is 2.82. The third-order valence-electron chi connectivity index (χ3n) is 3.75. The summed E-state index contributed by atoms with van der Waals surface area (Å²) < 4.78 is 5.48. The topological polar surface area (TPSA) is 24.5 Å². The van der Waals surface area contributed by atoms with E-state index in [1.807, 2.05) is 0 Å². The van der Waals surface area contributed by atoms with Crippen molar-refractivity contribution in [3.63, 3.8) is 0 Å². The Morgan fingerprint density at radius 1 is 1.26 bits per heavy atom. The van der Waals surface area contributed by atoms with Gasteiger partial charge in [0.1, 0.15) is 0 Å². The lowest BCUT2D eigenvalue weighted by atomic mass is 10.1. The summed E-state index contributed by atoms with van der Waals surface area (Å²) in [7, 11) is 0. The lowest BCUT2D eigenvalue weighted by Gasteiger charge is -2.33. The molecule has 1 aromatic rings. The monoisotopic (exact) mass is 262 g/mol. The number of benzene rings is 1. The molecule has 1 N–H and O–H groups in total. The van der Waals surface area contributed by atoms with Gasteiger partial charge in [-0.1, -0.05) is 31.2 Å². The third kappa shape index (κ3) is 4.60. The van der Waals surface area contributed by atoms with E-state index >= 15 is 0 Å². The van der Waals surface area contributed by atoms with Gasteiger partial charge < -0.3 is 10.1 Å². The van der Waals surface area contributed by atoms with Crippen LogP contribution in [-0.4, -0.2) is 43.8 Å². The molecular formula is C16H26N2O. The van der Waals surface area contributed by atoms with Crippen LogP contribution in [0.2, 0.25) is 0 Å². The van der Waals surface area contributed by atoms with Crippen LogP contribution in [0.15, 0.2) is 24.3 Å². The predicted octanol–water partition coefficient (Wildman–Crippen LogP) is 2.06. The second-order valence-electron chi connectivity index (χ2n) is 5.31. The number of nitrogens with one attached hydrogen (secondary N) is 1. The van der Waals surface area contributed by atoms with Crippen LogP contribution in [0.5, 0.6) is 0 Å². The molecule has 1 heterocycles. The van der Waals surface area contributed by atoms with Crippen LogP contribution in [0, 0.1) is 0 Å². The van der Waals surface area contributed by atoms with Gasteiger partial charge in [0.2, 0.25) is 0 Å². The van der Waals surface area contributed by atoms with Gasteiger partial charge in [-0.25, -0.2) is 0 Å². The molecule has 1 aliphatic heterocycles. The van der Waals surface area contributed by atoms with Crippen molar-refractivity contribution >= 4 is 0 Å². The Morgan fingerprint density at radius 2 is 2.00 bits per heavy atom. The van der Waals surface area contributed by atoms with Gasteiger partial charge in [-0.05, 0) is 37.6 Å². The highest BCUT2D eigenvalue weighted by molar-refractivity contribution is 5.22. The number of hydrogen-bond donors (Lipinski definition) is 1. The summed E-state index contributed by atoms with van der Waals surface area (Å²) in [5, 5.41) is 3.36. The van der Waals surface area contributed by atoms with E-state index in [0.717, 1.165) is 45.8 Å². The van der Waals surface area contributed by atoms with E-state index in [-0.39, 0.29) is 0 Å². The molecule has 0 amide bonds. The van der Waals surface area contributed by atoms with Crippen molar-refractivity contribution in [2.45, 2.75) is 32.9 Å². The number of morpholine rings is 1. The number of likely N-dealkylation sites (N-methyl/N-ethyl adjacent to an activating group) is 1. The van der Waals surface area contributed by atoms with E-state index in [9.17, 15) is 0 Å². The molecule has 0 radical (unpaired) electrons. The highest BCUT2D eigenvalue weighted by Gasteiger charge is 2.18. The van der Waals surface area contributed by atoms with Crippen LogP contribution < -0.4 is 5.32 Å². The second-order valence-corrected chi connectivity index (χ2v) is 5.31. The fourth-order valence-corrected chi connectivity index (χ4v) is 2.45. The van der Waals surface area contributed by atoms with Gasteiger partial charge in [0.15, 0.2) is 0 Å². The number of nitrogens with zero attached hydrogens (tertiary/aromatic N) is 1. The molecule has 0 spiro atoms. The van der Waals surface area contributed by atoms with Crippen LogP contribution in [0.3, 0.4) is 0 Å². The maximum atomic E-state index is 5.48. The Labute approximate surface area is 116 Å². The molecule has 1 saturated heterocycles. The Kier molecular flexibility index (Phi) is 5.83. The van der Waals surface area contributed by atoms with Crippen molar-refractivity contribution in [1.82, 2.24) is 10.2 Å². The zero-order valence-corrected chi connectivity index (χ0v) is 12.2. The lowest BCUT2D eigenvalue weighted by molar-refractivity contribution is -0.00437. The Morgan fingerprint density at radius 3 is 2.68 bits per heavy atom. The summed E-state index contributed by atoms with van der Waals surface area (Å²) in [5.74, 6) is 0. The third-order valence-corrected chi connectivity index (χ3v) is 3.75. The zero-order valence-electron chi connectivity index (χ0n) is 12.2. The van der Waals surface area contributed by atoms with Crippen LogP contribution in [0.1, 0.15) is 25.0 Å². The van der Waals surface area contributed by atoms with Crippen molar-refractivity contribution in [3.8, 4) is 0 Å². The van der Waals surface area contributed by atoms with E-state index in [0.29, 0.717) is 6.04 Å². The molecule has 0 aromatic heterocycles. The van der Waals surface area contributed by atoms with Crippen LogP contribution in [0.25, 0.3) is 0 Å². The highest BCUT2D eigenvalue weighted by Crippen LogP contribution is 2.13. The Hall–Kier alpha value is -0.900. The highest BCUT2D eigenvalue weighted by atomic mass is 16.5. The first kappa shape index (κ1) is 14.5. The average Bonchev–Trinajstić information content (AvgIpc) is 2.44. The molecular weight excluding hydrogens is 236 g/mol. The fraction of sp³-hybridized carbons (Fsp3) is 0.625. The molecule has 1 aromatic carbocycles. The molecule has 19 heavy (non-hydrogen) atoms. The van der Waals surface area contributed by atoms with Gasteiger partial charge in [-0.15, -0.1) is 0 Å². The first-order valence-corrected chi connectivity index (χ1v) is 7.40. The summed E-state index contributed by atoms with van der Waals surface area (Å²) in [6.07, 6.45) is 1.11. The molecule has 3 heteroatoms. The van der Waals surface area contributed by atoms with E-state index in [1.54, 1.807) is 0 Å². The SMILES string of the molecule is CCNCCc1ccc(CN2CCOCC2C)cc1. The molecule has 1 fully saturated rings. The van der Waals surface area contributed by atoms with Crippen molar-refractivity contribution in [2.24, 2.45) is 0 Å². The number of rotatable bonds is 6. The Bertz CT molecular complexity index is 364. The van der Waals surface area contributed by atoms with Crippen LogP contribution in [-0.2, 0) is 17.7 Å². The van der Waals surface area contributed by atoms with E-state index in [4.69, 9.17) is 4.74 Å². The maximum Gasteiger partial charge on any atom is 0.0619 e. The van der Waals surface area contributed by atoms with Gasteiger partial charge >= 0.3 is 0 Å². The fourth-order valence-electron chi connectivity index (χ4n) is 2.45. The van der Waals surface area contributed by atoms with Crippen molar-refractivity contribution in [1.29, 1.82) is 0 Å². The van der Waals surface area contributed by atoms with Crippen LogP contribution >= 0.6 is 0 Å². The standard InChI is InChI=1S/C16H26N2O/c1-3-17-9-8-15-4-6-16(7-5-15)12-18-10-11-19-13-14(18)2/h4-7,14,17H,3,8-13H2,1-2H3. The maximum absolute atomic E-state index is 5.48. The van der Waals surface area contributed by atoms with E-state index in [2.05, 4.69) is 48.3 Å². The van der Waals surface area contributed by atoms with Gasteiger partial charge in [-0.2, -0.15) is 0 Å². The van der Waals surface area contributed by atoms with Gasteiger partial charge in [-0.3, -0.25) is 4.90 Å². The molecule has 2 rings (SSSR count). The zero-order chi connectivity index (χ0) is 13.5. The van der Waals surface area contributed by atoms with E-state index < -0.39 is 0 Å². The number of ether oxygens (including phenoxy) is 1. The first-order valence-electron chi connectivity index (χ1n) is 7.40. The molecule has 3 nitrogen and oxygen atoms in total. The average molecular weight is 262 g/mol. The molecule has 106 valence electrons. The van der Waals surface area contributed by atoms with Gasteiger partial charge in [0.05, 0.1) is 13.2 Å². The Balaban J connectivity index is 1.84. The molecule has 0 saturated carbocycles. The minimum Gasteiger partial charge on any atom is -0.379 e. The predicted molar refractivity (Wildman–Crippen MR) is 79.4 cm³/mol. The normalized spacial score (nSPS) is 20.6. The molecule has 0 bridgehead atoms. The summed E-state index contributed by atoms with van der Waals surface area (Å²) in [6.45, 7) is 10.3. The quantitative estimate of drug-likeness (QED) is 0.794. The van der Waals surface area contributed by atoms with Gasteiger partial charge in [0.25, 0.3) is 0 Å². The van der Waals surface area contributed by atoms with Crippen molar-refractivity contribution < 1.29 is 4.74 Å². The number of hydrogen-bond acceptors (Lipinski definition) is 3. The lowest BCUT2D eigenvalue weighted by Crippen LogP contribution is -2.42. The molecule has 1 unspecified atom stereocenters. The minimum absolute atomic E-state index is 0.530. The first-order chi connectivity index (χ1) is 9.29. The largest absolute Gasteiger partial charge is 0.379 e. The van der Waals surface area contributed by atoms with E-state index in [1.165, 1.54) is 11.1 Å². The molecule has 0 aliphatic carbocycles. The minimum atomic E-state index is 0.530. The molecule has 1 aliphatic rings. The summed E-state index contributed by atoms with van der Waals surface area (Å²) >= 11 is 0. The second kappa shape index (κ2) is 7.63.